The van der Waals surface area contributed by atoms with Crippen LogP contribution in [0, 0.1) is 5.82 Å². The molecule has 0 aliphatic heterocycles. The van der Waals surface area contributed by atoms with Crippen molar-refractivity contribution in [3.8, 4) is 0 Å². The molecule has 226 valence electrons. The van der Waals surface area contributed by atoms with Crippen LogP contribution in [-0.4, -0.2) is 44.3 Å². The first-order valence-corrected chi connectivity index (χ1v) is 14.8. The fraction of sp³-hybridized carbons (Fsp3) is 0.310. The van der Waals surface area contributed by atoms with Crippen molar-refractivity contribution in [2.24, 2.45) is 0 Å². The summed E-state index contributed by atoms with van der Waals surface area (Å²) in [7, 11) is -4.57. The average Bonchev–Trinajstić information content (AvgIpc) is 2.95. The lowest BCUT2D eigenvalue weighted by atomic mass is 10.1. The van der Waals surface area contributed by atoms with Crippen molar-refractivity contribution >= 4 is 39.1 Å². The van der Waals surface area contributed by atoms with Crippen molar-refractivity contribution in [2.45, 2.75) is 50.3 Å². The number of carbonyl (C=O) groups excluding carboxylic acids is 2. The van der Waals surface area contributed by atoms with Gasteiger partial charge >= 0.3 is 6.18 Å². The lowest BCUT2D eigenvalue weighted by molar-refractivity contribution is -0.139. The third-order valence-corrected chi connectivity index (χ3v) is 8.53. The first-order valence-electron chi connectivity index (χ1n) is 13.0. The highest BCUT2D eigenvalue weighted by Gasteiger charge is 2.37. The molecule has 13 heteroatoms. The number of benzene rings is 3. The number of amides is 2. The summed E-state index contributed by atoms with van der Waals surface area (Å²) in [5.41, 5.74) is -1.29. The Morgan fingerprint density at radius 3 is 2.24 bits per heavy atom. The number of nitrogens with one attached hydrogen (secondary N) is 1. The van der Waals surface area contributed by atoms with Gasteiger partial charge in [-0.2, -0.15) is 13.2 Å². The second-order valence-corrected chi connectivity index (χ2v) is 11.7. The number of carbonyl (C=O) groups is 2. The summed E-state index contributed by atoms with van der Waals surface area (Å²) in [4.78, 5) is 27.6. The molecule has 42 heavy (non-hydrogen) atoms. The van der Waals surface area contributed by atoms with Gasteiger partial charge < -0.3 is 10.2 Å². The summed E-state index contributed by atoms with van der Waals surface area (Å²) in [5, 5.41) is 2.07. The number of nitrogens with zero attached hydrogens (tertiary/aromatic N) is 2. The average molecular weight is 628 g/mol. The molecule has 0 bridgehead atoms. The number of alkyl halides is 3. The van der Waals surface area contributed by atoms with E-state index in [1.165, 1.54) is 55.5 Å². The Bertz CT molecular complexity index is 1490. The molecule has 7 nitrogen and oxygen atoms in total. The Kier molecular flexibility index (Phi) is 11.0. The van der Waals surface area contributed by atoms with Crippen LogP contribution < -0.4 is 9.62 Å². The summed E-state index contributed by atoms with van der Waals surface area (Å²) in [6.45, 7) is 2.59. The van der Waals surface area contributed by atoms with E-state index in [0.29, 0.717) is 28.9 Å². The van der Waals surface area contributed by atoms with E-state index in [1.54, 1.807) is 6.07 Å². The molecule has 0 aliphatic carbocycles. The number of hydrogen-bond acceptors (Lipinski definition) is 4. The van der Waals surface area contributed by atoms with Crippen molar-refractivity contribution in [1.29, 1.82) is 0 Å². The standard InChI is InChI=1S/C29H30ClF4N3O4S/c1-3-4-16-35-28(39)20(2)36(18-21-10-12-22(31)13-11-21)27(38)19-37(42(40,41)24-8-6-5-7-9-24)23-14-15-26(30)25(17-23)29(32,33)34/h5-15,17,20H,3-4,16,18-19H2,1-2H3,(H,35,39). The molecule has 2 amide bonds. The molecule has 3 aromatic rings. The lowest BCUT2D eigenvalue weighted by Crippen LogP contribution is -2.51. The third-order valence-electron chi connectivity index (χ3n) is 6.42. The lowest BCUT2D eigenvalue weighted by Gasteiger charge is -2.32. The molecule has 1 unspecified atom stereocenters. The molecule has 0 fully saturated rings. The van der Waals surface area contributed by atoms with E-state index in [0.717, 1.165) is 23.5 Å². The van der Waals surface area contributed by atoms with Crippen LogP contribution in [0.25, 0.3) is 0 Å². The van der Waals surface area contributed by atoms with Crippen LogP contribution in [0.3, 0.4) is 0 Å². The minimum absolute atomic E-state index is 0.199. The highest BCUT2D eigenvalue weighted by Crippen LogP contribution is 2.38. The van der Waals surface area contributed by atoms with E-state index >= 15 is 0 Å². The van der Waals surface area contributed by atoms with Gasteiger partial charge in [-0.15, -0.1) is 0 Å². The van der Waals surface area contributed by atoms with Gasteiger partial charge in [0.1, 0.15) is 18.4 Å². The van der Waals surface area contributed by atoms with Crippen LogP contribution in [0.5, 0.6) is 0 Å². The van der Waals surface area contributed by atoms with E-state index in [4.69, 9.17) is 11.6 Å². The quantitative estimate of drug-likeness (QED) is 0.196. The van der Waals surface area contributed by atoms with Gasteiger partial charge in [-0.3, -0.25) is 13.9 Å². The van der Waals surface area contributed by atoms with Gasteiger partial charge in [0.15, 0.2) is 0 Å². The maximum atomic E-state index is 13.8. The monoisotopic (exact) mass is 627 g/mol. The fourth-order valence-corrected chi connectivity index (χ4v) is 5.69. The number of unbranched alkanes of at least 4 members (excludes halogenated alkanes) is 1. The zero-order valence-corrected chi connectivity index (χ0v) is 24.4. The molecule has 0 radical (unpaired) electrons. The molecule has 0 heterocycles. The van der Waals surface area contributed by atoms with Crippen LogP contribution in [0.4, 0.5) is 23.2 Å². The van der Waals surface area contributed by atoms with Crippen LogP contribution in [0.1, 0.15) is 37.8 Å². The van der Waals surface area contributed by atoms with E-state index in [-0.39, 0.29) is 11.4 Å². The molecule has 0 spiro atoms. The topological polar surface area (TPSA) is 86.8 Å². The maximum Gasteiger partial charge on any atom is 0.417 e. The van der Waals surface area contributed by atoms with Crippen LogP contribution in [-0.2, 0) is 32.3 Å². The SMILES string of the molecule is CCCCNC(=O)C(C)N(Cc1ccc(F)cc1)C(=O)CN(c1ccc(Cl)c(C(F)(F)F)c1)S(=O)(=O)c1ccccc1. The second kappa shape index (κ2) is 14.0. The predicted molar refractivity (Wildman–Crippen MR) is 152 cm³/mol. The van der Waals surface area contributed by atoms with Gasteiger partial charge in [-0.05, 0) is 61.4 Å². The third kappa shape index (κ3) is 8.22. The van der Waals surface area contributed by atoms with Gasteiger partial charge in [-0.25, -0.2) is 12.8 Å². The molecule has 0 aliphatic rings. The van der Waals surface area contributed by atoms with Crippen molar-refractivity contribution in [2.75, 3.05) is 17.4 Å². The molecule has 3 aromatic carbocycles. The van der Waals surface area contributed by atoms with E-state index < -0.39 is 62.7 Å². The Labute approximate surface area is 247 Å². The van der Waals surface area contributed by atoms with Gasteiger partial charge in [-0.1, -0.05) is 55.3 Å². The van der Waals surface area contributed by atoms with Gasteiger partial charge in [0.2, 0.25) is 11.8 Å². The van der Waals surface area contributed by atoms with Crippen molar-refractivity contribution in [3.05, 3.63) is 94.8 Å². The van der Waals surface area contributed by atoms with Crippen LogP contribution >= 0.6 is 11.6 Å². The Hall–Kier alpha value is -3.64. The second-order valence-electron chi connectivity index (χ2n) is 9.46. The Morgan fingerprint density at radius 1 is 1.00 bits per heavy atom. The molecular weight excluding hydrogens is 598 g/mol. The summed E-state index contributed by atoms with van der Waals surface area (Å²) in [5.74, 6) is -1.91. The van der Waals surface area contributed by atoms with Crippen LogP contribution in [0.2, 0.25) is 5.02 Å². The van der Waals surface area contributed by atoms with Crippen molar-refractivity contribution in [1.82, 2.24) is 10.2 Å². The van der Waals surface area contributed by atoms with E-state index in [1.807, 2.05) is 6.92 Å². The number of anilines is 1. The Balaban J connectivity index is 2.07. The minimum atomic E-state index is -4.90. The maximum absolute atomic E-state index is 13.8. The number of halogens is 5. The number of sulfonamides is 1. The molecule has 0 saturated carbocycles. The fourth-order valence-electron chi connectivity index (χ4n) is 4.04. The first kappa shape index (κ1) is 32.9. The highest BCUT2D eigenvalue weighted by atomic mass is 35.5. The molecule has 3 rings (SSSR count). The predicted octanol–water partition coefficient (Wildman–Crippen LogP) is 6.03. The van der Waals surface area contributed by atoms with E-state index in [9.17, 15) is 35.6 Å². The molecule has 1 N–H and O–H groups in total. The smallest absolute Gasteiger partial charge is 0.354 e. The van der Waals surface area contributed by atoms with Gasteiger partial charge in [0.25, 0.3) is 10.0 Å². The van der Waals surface area contributed by atoms with Gasteiger partial charge in [0, 0.05) is 13.1 Å². The Morgan fingerprint density at radius 2 is 1.64 bits per heavy atom. The minimum Gasteiger partial charge on any atom is -0.354 e. The largest absolute Gasteiger partial charge is 0.417 e. The summed E-state index contributed by atoms with van der Waals surface area (Å²) >= 11 is 5.77. The van der Waals surface area contributed by atoms with Crippen molar-refractivity contribution < 1.29 is 35.6 Å². The summed E-state index contributed by atoms with van der Waals surface area (Å²) < 4.78 is 82.6. The zero-order valence-electron chi connectivity index (χ0n) is 22.9. The molecule has 0 aromatic heterocycles. The molecule has 0 saturated heterocycles. The number of hydrogen-bond donors (Lipinski definition) is 1. The normalized spacial score (nSPS) is 12.5. The molecule has 1 atom stereocenters. The van der Waals surface area contributed by atoms with Crippen LogP contribution in [0.15, 0.2) is 77.7 Å². The summed E-state index contributed by atoms with van der Waals surface area (Å²) in [6, 6.07) is 13.5. The molecular formula is C29H30ClF4N3O4S. The van der Waals surface area contributed by atoms with Gasteiger partial charge in [0.05, 0.1) is 21.2 Å². The highest BCUT2D eigenvalue weighted by molar-refractivity contribution is 7.92. The first-order chi connectivity index (χ1) is 19.8. The summed E-state index contributed by atoms with van der Waals surface area (Å²) in [6.07, 6.45) is -3.41. The van der Waals surface area contributed by atoms with Crippen molar-refractivity contribution in [3.63, 3.8) is 0 Å². The van der Waals surface area contributed by atoms with E-state index in [2.05, 4.69) is 5.32 Å². The number of rotatable bonds is 12. The zero-order chi connectivity index (χ0) is 31.1.